The van der Waals surface area contributed by atoms with Gasteiger partial charge in [0.2, 0.25) is 0 Å². The van der Waals surface area contributed by atoms with Crippen molar-refractivity contribution < 1.29 is 9.53 Å². The van der Waals surface area contributed by atoms with Crippen molar-refractivity contribution in [1.29, 1.82) is 0 Å². The number of hydrogen-bond acceptors (Lipinski definition) is 6. The Bertz CT molecular complexity index is 1190. The number of hydrogen-bond donors (Lipinski definition) is 1. The maximum Gasteiger partial charge on any atom is 0.250 e. The molecule has 160 valence electrons. The zero-order valence-electron chi connectivity index (χ0n) is 17.4. The third kappa shape index (κ3) is 5.22. The summed E-state index contributed by atoms with van der Waals surface area (Å²) in [6.45, 7) is 0. The molecule has 0 bridgehead atoms. The molecule has 0 saturated carbocycles. The van der Waals surface area contributed by atoms with Crippen LogP contribution in [-0.2, 0) is 4.79 Å². The lowest BCUT2D eigenvalue weighted by atomic mass is 10.2. The third-order valence-corrected chi connectivity index (χ3v) is 5.46. The number of thioether (sulfide) groups is 1. The van der Waals surface area contributed by atoms with Crippen LogP contribution in [0.3, 0.4) is 0 Å². The van der Waals surface area contributed by atoms with E-state index in [2.05, 4.69) is 20.7 Å². The number of carbonyl (C=O) groups excluding carboxylic acids is 1. The smallest absolute Gasteiger partial charge is 0.250 e. The van der Waals surface area contributed by atoms with Crippen LogP contribution in [0.15, 0.2) is 95.2 Å². The fourth-order valence-corrected chi connectivity index (χ4v) is 3.72. The summed E-state index contributed by atoms with van der Waals surface area (Å²) >= 11 is 1.30. The molecule has 0 saturated heterocycles. The number of methoxy groups -OCH3 is 1. The van der Waals surface area contributed by atoms with Gasteiger partial charge in [0.25, 0.3) is 5.91 Å². The van der Waals surface area contributed by atoms with Gasteiger partial charge < -0.3 is 4.74 Å². The van der Waals surface area contributed by atoms with Gasteiger partial charge >= 0.3 is 0 Å². The SMILES string of the molecule is COc1ccc(-c2nnc(SCC(=O)NN=Cc3ccccc3)n2-c2ccccc2)cc1. The molecule has 8 heteroatoms. The molecule has 1 N–H and O–H groups in total. The molecule has 0 unspecified atom stereocenters. The third-order valence-electron chi connectivity index (χ3n) is 4.53. The summed E-state index contributed by atoms with van der Waals surface area (Å²) in [5.74, 6) is 1.38. The van der Waals surface area contributed by atoms with E-state index >= 15 is 0 Å². The van der Waals surface area contributed by atoms with Gasteiger partial charge in [-0.15, -0.1) is 10.2 Å². The maximum absolute atomic E-state index is 12.3. The van der Waals surface area contributed by atoms with Gasteiger partial charge in [-0.1, -0.05) is 60.3 Å². The first-order chi connectivity index (χ1) is 15.7. The van der Waals surface area contributed by atoms with Crippen LogP contribution in [0, 0.1) is 0 Å². The molecule has 0 aliphatic carbocycles. The van der Waals surface area contributed by atoms with Gasteiger partial charge in [-0.3, -0.25) is 9.36 Å². The van der Waals surface area contributed by atoms with Crippen LogP contribution in [0.2, 0.25) is 0 Å². The predicted molar refractivity (Wildman–Crippen MR) is 126 cm³/mol. The summed E-state index contributed by atoms with van der Waals surface area (Å²) in [5, 5.41) is 13.4. The number of para-hydroxylation sites is 1. The van der Waals surface area contributed by atoms with E-state index in [9.17, 15) is 4.79 Å². The summed E-state index contributed by atoms with van der Waals surface area (Å²) in [6, 6.07) is 27.0. The maximum atomic E-state index is 12.3. The fraction of sp³-hybridized carbons (Fsp3) is 0.0833. The van der Waals surface area contributed by atoms with Crippen LogP contribution in [-0.4, -0.2) is 39.7 Å². The fourth-order valence-electron chi connectivity index (χ4n) is 2.98. The second kappa shape index (κ2) is 10.4. The van der Waals surface area contributed by atoms with Crippen molar-refractivity contribution in [2.24, 2.45) is 5.10 Å². The van der Waals surface area contributed by atoms with Crippen molar-refractivity contribution in [2.45, 2.75) is 5.16 Å². The summed E-state index contributed by atoms with van der Waals surface area (Å²) in [5.41, 5.74) is 5.27. The minimum absolute atomic E-state index is 0.152. The normalized spacial score (nSPS) is 10.9. The first kappa shape index (κ1) is 21.3. The van der Waals surface area contributed by atoms with E-state index in [-0.39, 0.29) is 11.7 Å². The molecule has 0 fully saturated rings. The van der Waals surface area contributed by atoms with Crippen molar-refractivity contribution in [1.82, 2.24) is 20.2 Å². The molecule has 1 amide bonds. The van der Waals surface area contributed by atoms with E-state index < -0.39 is 0 Å². The van der Waals surface area contributed by atoms with E-state index in [1.165, 1.54) is 11.8 Å². The zero-order chi connectivity index (χ0) is 22.2. The highest BCUT2D eigenvalue weighted by Crippen LogP contribution is 2.28. The number of carbonyl (C=O) groups is 1. The van der Waals surface area contributed by atoms with Crippen LogP contribution in [0.4, 0.5) is 0 Å². The summed E-state index contributed by atoms with van der Waals surface area (Å²) in [4.78, 5) is 12.3. The summed E-state index contributed by atoms with van der Waals surface area (Å²) in [6.07, 6.45) is 1.61. The molecular weight excluding hydrogens is 422 g/mol. The van der Waals surface area contributed by atoms with Crippen LogP contribution in [0.5, 0.6) is 5.75 Å². The Hall–Kier alpha value is -3.91. The Kier molecular flexibility index (Phi) is 6.94. The Morgan fingerprint density at radius 1 is 1.00 bits per heavy atom. The number of benzene rings is 3. The highest BCUT2D eigenvalue weighted by molar-refractivity contribution is 7.99. The highest BCUT2D eigenvalue weighted by atomic mass is 32.2. The van der Waals surface area contributed by atoms with Crippen molar-refractivity contribution in [2.75, 3.05) is 12.9 Å². The Morgan fingerprint density at radius 2 is 1.69 bits per heavy atom. The van der Waals surface area contributed by atoms with Gasteiger partial charge in [-0.25, -0.2) is 5.43 Å². The van der Waals surface area contributed by atoms with Gasteiger partial charge in [0.1, 0.15) is 5.75 Å². The van der Waals surface area contributed by atoms with E-state index in [0.29, 0.717) is 11.0 Å². The summed E-state index contributed by atoms with van der Waals surface area (Å²) in [7, 11) is 1.63. The Balaban J connectivity index is 1.51. The van der Waals surface area contributed by atoms with Gasteiger partial charge in [-0.2, -0.15) is 5.10 Å². The summed E-state index contributed by atoms with van der Waals surface area (Å²) < 4.78 is 7.19. The number of amides is 1. The number of rotatable bonds is 8. The highest BCUT2D eigenvalue weighted by Gasteiger charge is 2.17. The average molecular weight is 444 g/mol. The van der Waals surface area contributed by atoms with E-state index in [1.54, 1.807) is 13.3 Å². The number of ether oxygens (including phenoxy) is 1. The van der Waals surface area contributed by atoms with Gasteiger partial charge in [-0.05, 0) is 42.0 Å². The topological polar surface area (TPSA) is 81.4 Å². The molecule has 0 aliphatic heterocycles. The average Bonchev–Trinajstić information content (AvgIpc) is 3.28. The molecule has 4 rings (SSSR count). The predicted octanol–water partition coefficient (Wildman–Crippen LogP) is 4.19. The first-order valence-electron chi connectivity index (χ1n) is 9.89. The lowest BCUT2D eigenvalue weighted by molar-refractivity contribution is -0.118. The number of aromatic nitrogens is 3. The molecule has 0 aliphatic rings. The second-order valence-electron chi connectivity index (χ2n) is 6.70. The lowest BCUT2D eigenvalue weighted by Gasteiger charge is -2.10. The minimum atomic E-state index is -0.226. The second-order valence-corrected chi connectivity index (χ2v) is 7.64. The molecular formula is C24H21N5O2S. The van der Waals surface area contributed by atoms with Crippen molar-refractivity contribution in [3.05, 3.63) is 90.5 Å². The first-order valence-corrected chi connectivity index (χ1v) is 10.9. The van der Waals surface area contributed by atoms with Crippen LogP contribution in [0.1, 0.15) is 5.56 Å². The molecule has 1 aromatic heterocycles. The zero-order valence-corrected chi connectivity index (χ0v) is 18.2. The Morgan fingerprint density at radius 3 is 2.38 bits per heavy atom. The molecule has 7 nitrogen and oxygen atoms in total. The van der Waals surface area contributed by atoms with Gasteiger partial charge in [0.05, 0.1) is 19.1 Å². The number of hydrazone groups is 1. The molecule has 1 heterocycles. The molecule has 0 radical (unpaired) electrons. The number of nitrogens with one attached hydrogen (secondary N) is 1. The van der Waals surface area contributed by atoms with Crippen molar-refractivity contribution in [3.8, 4) is 22.8 Å². The van der Waals surface area contributed by atoms with E-state index in [4.69, 9.17) is 4.74 Å². The molecule has 32 heavy (non-hydrogen) atoms. The van der Waals surface area contributed by atoms with Gasteiger partial charge in [0, 0.05) is 11.3 Å². The quantitative estimate of drug-likeness (QED) is 0.251. The minimum Gasteiger partial charge on any atom is -0.497 e. The Labute approximate surface area is 190 Å². The van der Waals surface area contributed by atoms with E-state index in [1.807, 2.05) is 89.5 Å². The van der Waals surface area contributed by atoms with Crippen LogP contribution >= 0.6 is 11.8 Å². The molecule has 4 aromatic rings. The van der Waals surface area contributed by atoms with Crippen LogP contribution < -0.4 is 10.2 Å². The van der Waals surface area contributed by atoms with Gasteiger partial charge in [0.15, 0.2) is 11.0 Å². The molecule has 0 atom stereocenters. The molecule has 3 aromatic carbocycles. The van der Waals surface area contributed by atoms with Crippen LogP contribution in [0.25, 0.3) is 17.1 Å². The monoisotopic (exact) mass is 443 g/mol. The number of nitrogens with zero attached hydrogens (tertiary/aromatic N) is 4. The van der Waals surface area contributed by atoms with E-state index in [0.717, 1.165) is 22.6 Å². The van der Waals surface area contributed by atoms with Crippen molar-refractivity contribution in [3.63, 3.8) is 0 Å². The standard InChI is InChI=1S/C24H21N5O2S/c1-31-21-14-12-19(13-15-21)23-27-28-24(29(23)20-10-6-3-7-11-20)32-17-22(30)26-25-16-18-8-4-2-5-9-18/h2-16H,17H2,1H3,(H,26,30). The largest absolute Gasteiger partial charge is 0.497 e. The lowest BCUT2D eigenvalue weighted by Crippen LogP contribution is -2.20. The molecule has 0 spiro atoms. The van der Waals surface area contributed by atoms with Crippen molar-refractivity contribution >= 4 is 23.9 Å².